The first kappa shape index (κ1) is 15.1. The number of likely N-dealkylation sites (tertiary alicyclic amines) is 1. The van der Waals surface area contributed by atoms with Gasteiger partial charge in [0, 0.05) is 10.0 Å². The topological polar surface area (TPSA) is 32.3 Å². The van der Waals surface area contributed by atoms with Crippen molar-refractivity contribution in [2.24, 2.45) is 0 Å². The van der Waals surface area contributed by atoms with Gasteiger partial charge in [0.25, 0.3) is 5.91 Å². The van der Waals surface area contributed by atoms with E-state index in [1.54, 1.807) is 12.1 Å². The highest BCUT2D eigenvalue weighted by molar-refractivity contribution is 9.10. The fraction of sp³-hybridized carbons (Fsp3) is 0.438. The third-order valence-electron chi connectivity index (χ3n) is 3.30. The van der Waals surface area contributed by atoms with Crippen molar-refractivity contribution < 1.29 is 4.79 Å². The molecule has 0 radical (unpaired) electrons. The van der Waals surface area contributed by atoms with Crippen LogP contribution in [0.25, 0.3) is 0 Å². The van der Waals surface area contributed by atoms with Gasteiger partial charge in [-0.2, -0.15) is 0 Å². The molecule has 1 N–H and O–H groups in total. The average Bonchev–Trinajstić information content (AvgIpc) is 2.48. The molecule has 0 aromatic heterocycles. The van der Waals surface area contributed by atoms with Crippen molar-refractivity contribution in [1.82, 2.24) is 10.2 Å². The zero-order valence-corrected chi connectivity index (χ0v) is 13.1. The van der Waals surface area contributed by atoms with E-state index in [1.807, 2.05) is 12.1 Å². The lowest BCUT2D eigenvalue weighted by molar-refractivity contribution is 0.0958. The molecule has 0 spiro atoms. The Bertz CT molecular complexity index is 513. The van der Waals surface area contributed by atoms with Crippen molar-refractivity contribution in [1.29, 1.82) is 0 Å². The van der Waals surface area contributed by atoms with E-state index in [2.05, 4.69) is 38.0 Å². The van der Waals surface area contributed by atoms with Gasteiger partial charge in [-0.05, 0) is 44.1 Å². The molecule has 1 fully saturated rings. The number of rotatable bonds is 3. The predicted octanol–water partition coefficient (Wildman–Crippen LogP) is 2.67. The van der Waals surface area contributed by atoms with E-state index in [1.165, 1.54) is 19.3 Å². The summed E-state index contributed by atoms with van der Waals surface area (Å²) < 4.78 is 0.904. The van der Waals surface area contributed by atoms with E-state index in [0.29, 0.717) is 12.1 Å². The fourth-order valence-electron chi connectivity index (χ4n) is 2.20. The van der Waals surface area contributed by atoms with E-state index >= 15 is 0 Å². The summed E-state index contributed by atoms with van der Waals surface area (Å²) in [6.07, 6.45) is 3.90. The van der Waals surface area contributed by atoms with Crippen molar-refractivity contribution in [3.05, 3.63) is 34.3 Å². The van der Waals surface area contributed by atoms with E-state index in [4.69, 9.17) is 0 Å². The number of carbonyl (C=O) groups is 1. The van der Waals surface area contributed by atoms with Crippen molar-refractivity contribution >= 4 is 21.8 Å². The minimum absolute atomic E-state index is 0.0847. The molecule has 1 aliphatic rings. The largest absolute Gasteiger partial charge is 0.341 e. The van der Waals surface area contributed by atoms with Gasteiger partial charge in [-0.3, -0.25) is 9.69 Å². The first-order chi connectivity index (χ1) is 9.75. The Morgan fingerprint density at radius 3 is 2.80 bits per heavy atom. The van der Waals surface area contributed by atoms with Crippen LogP contribution < -0.4 is 5.32 Å². The van der Waals surface area contributed by atoms with Crippen LogP contribution in [0.3, 0.4) is 0 Å². The van der Waals surface area contributed by atoms with Crippen LogP contribution in [0.5, 0.6) is 0 Å². The first-order valence-electron chi connectivity index (χ1n) is 6.97. The Balaban J connectivity index is 1.71. The molecule has 4 heteroatoms. The SMILES string of the molecule is O=C(NCC#CCN1CCCCC1)c1cccc(Br)c1. The second-order valence-corrected chi connectivity index (χ2v) is 5.80. The number of halogens is 1. The maximum atomic E-state index is 11.9. The monoisotopic (exact) mass is 334 g/mol. The highest BCUT2D eigenvalue weighted by Gasteiger charge is 2.07. The molecule has 0 aliphatic carbocycles. The van der Waals surface area contributed by atoms with Crippen LogP contribution in [0.2, 0.25) is 0 Å². The second-order valence-electron chi connectivity index (χ2n) is 4.88. The molecule has 0 atom stereocenters. The fourth-order valence-corrected chi connectivity index (χ4v) is 2.60. The lowest BCUT2D eigenvalue weighted by Gasteiger charge is -2.23. The van der Waals surface area contributed by atoms with E-state index in [9.17, 15) is 4.79 Å². The summed E-state index contributed by atoms with van der Waals surface area (Å²) in [4.78, 5) is 14.2. The molecular weight excluding hydrogens is 316 g/mol. The van der Waals surface area contributed by atoms with Crippen molar-refractivity contribution in [2.45, 2.75) is 19.3 Å². The summed E-state index contributed by atoms with van der Waals surface area (Å²) in [5.41, 5.74) is 0.650. The quantitative estimate of drug-likeness (QED) is 0.862. The van der Waals surface area contributed by atoms with E-state index in [0.717, 1.165) is 24.1 Å². The lowest BCUT2D eigenvalue weighted by atomic mass is 10.1. The Labute approximate surface area is 128 Å². The molecule has 0 bridgehead atoms. The van der Waals surface area contributed by atoms with Gasteiger partial charge < -0.3 is 5.32 Å². The molecule has 0 saturated carbocycles. The molecule has 1 saturated heterocycles. The summed E-state index contributed by atoms with van der Waals surface area (Å²) in [5, 5.41) is 2.81. The van der Waals surface area contributed by atoms with Gasteiger partial charge in [0.1, 0.15) is 0 Å². The number of amides is 1. The van der Waals surface area contributed by atoms with E-state index < -0.39 is 0 Å². The van der Waals surface area contributed by atoms with Crippen LogP contribution in [-0.4, -0.2) is 37.0 Å². The van der Waals surface area contributed by atoms with Crippen molar-refractivity contribution in [2.75, 3.05) is 26.2 Å². The van der Waals surface area contributed by atoms with Crippen molar-refractivity contribution in [3.63, 3.8) is 0 Å². The van der Waals surface area contributed by atoms with Gasteiger partial charge in [-0.15, -0.1) is 0 Å². The summed E-state index contributed by atoms with van der Waals surface area (Å²) in [6, 6.07) is 7.34. The number of hydrogen-bond donors (Lipinski definition) is 1. The highest BCUT2D eigenvalue weighted by Crippen LogP contribution is 2.11. The van der Waals surface area contributed by atoms with Crippen LogP contribution in [-0.2, 0) is 0 Å². The molecule has 1 aromatic rings. The third kappa shape index (κ3) is 4.99. The normalized spacial score (nSPS) is 15.2. The van der Waals surface area contributed by atoms with Gasteiger partial charge in [-0.1, -0.05) is 40.3 Å². The summed E-state index contributed by atoms with van der Waals surface area (Å²) >= 11 is 3.35. The summed E-state index contributed by atoms with van der Waals surface area (Å²) in [6.45, 7) is 3.52. The molecule has 0 unspecified atom stereocenters. The van der Waals surface area contributed by atoms with Crippen LogP contribution >= 0.6 is 15.9 Å². The number of hydrogen-bond acceptors (Lipinski definition) is 2. The molecule has 1 aliphatic heterocycles. The third-order valence-corrected chi connectivity index (χ3v) is 3.79. The molecule has 1 amide bonds. The minimum Gasteiger partial charge on any atom is -0.341 e. The molecule has 1 aromatic carbocycles. The van der Waals surface area contributed by atoms with Crippen LogP contribution in [0, 0.1) is 11.8 Å². The summed E-state index contributed by atoms with van der Waals surface area (Å²) in [5.74, 6) is 6.05. The zero-order chi connectivity index (χ0) is 14.2. The number of nitrogens with zero attached hydrogens (tertiary/aromatic N) is 1. The Morgan fingerprint density at radius 1 is 1.25 bits per heavy atom. The molecule has 3 nitrogen and oxygen atoms in total. The van der Waals surface area contributed by atoms with Crippen molar-refractivity contribution in [3.8, 4) is 11.8 Å². The van der Waals surface area contributed by atoms with Gasteiger partial charge >= 0.3 is 0 Å². The Morgan fingerprint density at radius 2 is 2.05 bits per heavy atom. The number of benzene rings is 1. The molecule has 1 heterocycles. The van der Waals surface area contributed by atoms with Gasteiger partial charge in [0.15, 0.2) is 0 Å². The van der Waals surface area contributed by atoms with Gasteiger partial charge in [0.05, 0.1) is 13.1 Å². The maximum Gasteiger partial charge on any atom is 0.252 e. The number of carbonyl (C=O) groups excluding carboxylic acids is 1. The van der Waals surface area contributed by atoms with E-state index in [-0.39, 0.29) is 5.91 Å². The zero-order valence-electron chi connectivity index (χ0n) is 11.5. The second kappa shape index (κ2) is 8.08. The average molecular weight is 335 g/mol. The Hall–Kier alpha value is -1.31. The molecule has 106 valence electrons. The standard InChI is InChI=1S/C16H19BrN2O/c17-15-8-6-7-14(13-15)16(20)18-9-2-5-12-19-10-3-1-4-11-19/h6-8,13H,1,3-4,9-12H2,(H,18,20). The Kier molecular flexibility index (Phi) is 6.10. The smallest absolute Gasteiger partial charge is 0.252 e. The van der Waals surface area contributed by atoms with Gasteiger partial charge in [0.2, 0.25) is 0 Å². The van der Waals surface area contributed by atoms with Crippen LogP contribution in [0.15, 0.2) is 28.7 Å². The number of piperidine rings is 1. The summed E-state index contributed by atoms with van der Waals surface area (Å²) in [7, 11) is 0. The molecular formula is C16H19BrN2O. The molecule has 20 heavy (non-hydrogen) atoms. The lowest BCUT2D eigenvalue weighted by Crippen LogP contribution is -2.30. The highest BCUT2D eigenvalue weighted by atomic mass is 79.9. The maximum absolute atomic E-state index is 11.9. The number of nitrogens with one attached hydrogen (secondary N) is 1. The first-order valence-corrected chi connectivity index (χ1v) is 7.77. The van der Waals surface area contributed by atoms with Crippen LogP contribution in [0.1, 0.15) is 29.6 Å². The predicted molar refractivity (Wildman–Crippen MR) is 84.5 cm³/mol. The van der Waals surface area contributed by atoms with Gasteiger partial charge in [-0.25, -0.2) is 0 Å². The molecule has 2 rings (SSSR count). The minimum atomic E-state index is -0.0847. The van der Waals surface area contributed by atoms with Crippen LogP contribution in [0.4, 0.5) is 0 Å².